The van der Waals surface area contributed by atoms with Crippen LogP contribution in [-0.4, -0.2) is 18.3 Å². The fraction of sp³-hybridized carbons (Fsp3) is 0.300. The molecule has 0 aliphatic carbocycles. The van der Waals surface area contributed by atoms with Gasteiger partial charge in [0.1, 0.15) is 5.75 Å². The standard InChI is InChI=1S/C10H9NO3/c11-6-7-3-8(5-9(12)4-7)10-13-1-2-14-10/h3-5,10,12H,1-2H2. The van der Waals surface area contributed by atoms with Gasteiger partial charge in [0.05, 0.1) is 24.8 Å². The van der Waals surface area contributed by atoms with Crippen molar-refractivity contribution in [2.24, 2.45) is 0 Å². The fourth-order valence-electron chi connectivity index (χ4n) is 1.39. The van der Waals surface area contributed by atoms with Crippen LogP contribution in [0.2, 0.25) is 0 Å². The molecule has 0 radical (unpaired) electrons. The highest BCUT2D eigenvalue weighted by Crippen LogP contribution is 2.27. The number of hydrogen-bond donors (Lipinski definition) is 1. The predicted octanol–water partition coefficient (Wildman–Crippen LogP) is 1.31. The maximum Gasteiger partial charge on any atom is 0.184 e. The molecule has 2 rings (SSSR count). The molecule has 0 amide bonds. The summed E-state index contributed by atoms with van der Waals surface area (Å²) in [6, 6.07) is 6.55. The highest BCUT2D eigenvalue weighted by Gasteiger charge is 2.19. The molecule has 1 aromatic carbocycles. The Bertz CT molecular complexity index is 377. The number of phenolic OH excluding ortho intramolecular Hbond substituents is 1. The van der Waals surface area contributed by atoms with Crippen molar-refractivity contribution < 1.29 is 14.6 Å². The third kappa shape index (κ3) is 1.69. The van der Waals surface area contributed by atoms with Crippen LogP contribution >= 0.6 is 0 Å². The highest BCUT2D eigenvalue weighted by molar-refractivity contribution is 5.40. The normalized spacial score (nSPS) is 16.8. The van der Waals surface area contributed by atoms with Crippen LogP contribution in [-0.2, 0) is 9.47 Å². The van der Waals surface area contributed by atoms with Crippen LogP contribution in [0, 0.1) is 11.3 Å². The highest BCUT2D eigenvalue weighted by atomic mass is 16.7. The molecule has 14 heavy (non-hydrogen) atoms. The summed E-state index contributed by atoms with van der Waals surface area (Å²) in [4.78, 5) is 0. The number of aromatic hydroxyl groups is 1. The molecule has 1 saturated heterocycles. The van der Waals surface area contributed by atoms with Crippen molar-refractivity contribution in [3.8, 4) is 11.8 Å². The lowest BCUT2D eigenvalue weighted by atomic mass is 10.1. The first-order valence-electron chi connectivity index (χ1n) is 4.27. The largest absolute Gasteiger partial charge is 0.508 e. The molecule has 0 spiro atoms. The monoisotopic (exact) mass is 191 g/mol. The summed E-state index contributed by atoms with van der Waals surface area (Å²) < 4.78 is 10.5. The molecule has 0 saturated carbocycles. The van der Waals surface area contributed by atoms with Crippen LogP contribution in [0.4, 0.5) is 0 Å². The van der Waals surface area contributed by atoms with E-state index in [-0.39, 0.29) is 5.75 Å². The van der Waals surface area contributed by atoms with Gasteiger partial charge in [-0.3, -0.25) is 0 Å². The minimum Gasteiger partial charge on any atom is -0.508 e. The lowest BCUT2D eigenvalue weighted by molar-refractivity contribution is -0.0442. The molecule has 1 fully saturated rings. The van der Waals surface area contributed by atoms with E-state index >= 15 is 0 Å². The summed E-state index contributed by atoms with van der Waals surface area (Å²) in [7, 11) is 0. The third-order valence-corrected chi connectivity index (χ3v) is 1.96. The number of ether oxygens (including phenoxy) is 2. The molecular formula is C10H9NO3. The first kappa shape index (κ1) is 9.00. The molecule has 4 nitrogen and oxygen atoms in total. The van der Waals surface area contributed by atoms with Gasteiger partial charge >= 0.3 is 0 Å². The summed E-state index contributed by atoms with van der Waals surface area (Å²) in [5.74, 6) is 0.0538. The van der Waals surface area contributed by atoms with E-state index in [0.29, 0.717) is 24.3 Å². The fourth-order valence-corrected chi connectivity index (χ4v) is 1.39. The van der Waals surface area contributed by atoms with Crippen molar-refractivity contribution >= 4 is 0 Å². The molecule has 1 N–H and O–H groups in total. The van der Waals surface area contributed by atoms with Gasteiger partial charge < -0.3 is 14.6 Å². The van der Waals surface area contributed by atoms with Crippen LogP contribution in [0.1, 0.15) is 17.4 Å². The van der Waals surface area contributed by atoms with Crippen molar-refractivity contribution in [3.63, 3.8) is 0 Å². The van der Waals surface area contributed by atoms with E-state index in [0.717, 1.165) is 0 Å². The van der Waals surface area contributed by atoms with Crippen molar-refractivity contribution in [1.82, 2.24) is 0 Å². The van der Waals surface area contributed by atoms with Crippen molar-refractivity contribution in [1.29, 1.82) is 5.26 Å². The van der Waals surface area contributed by atoms with E-state index in [9.17, 15) is 5.11 Å². The molecule has 1 aromatic rings. The lowest BCUT2D eigenvalue weighted by Gasteiger charge is -2.09. The SMILES string of the molecule is N#Cc1cc(O)cc(C2OCCO2)c1. The summed E-state index contributed by atoms with van der Waals surface area (Å²) in [6.07, 6.45) is -0.450. The van der Waals surface area contributed by atoms with E-state index in [4.69, 9.17) is 14.7 Å². The Labute approximate surface area is 81.3 Å². The Morgan fingerprint density at radius 1 is 1.29 bits per heavy atom. The Hall–Kier alpha value is -1.57. The Kier molecular flexibility index (Phi) is 2.35. The average molecular weight is 191 g/mol. The van der Waals surface area contributed by atoms with Crippen LogP contribution in [0.3, 0.4) is 0 Å². The van der Waals surface area contributed by atoms with Gasteiger partial charge in [-0.15, -0.1) is 0 Å². The molecule has 0 atom stereocenters. The van der Waals surface area contributed by atoms with Gasteiger partial charge in [0.25, 0.3) is 0 Å². The maximum atomic E-state index is 9.32. The number of nitrogens with zero attached hydrogens (tertiary/aromatic N) is 1. The molecule has 4 heteroatoms. The van der Waals surface area contributed by atoms with E-state index < -0.39 is 6.29 Å². The van der Waals surface area contributed by atoms with Gasteiger partial charge in [-0.1, -0.05) is 0 Å². The first-order chi connectivity index (χ1) is 6.79. The van der Waals surface area contributed by atoms with Gasteiger partial charge in [-0.05, 0) is 18.2 Å². The Morgan fingerprint density at radius 2 is 2.00 bits per heavy atom. The quantitative estimate of drug-likeness (QED) is 0.726. The number of nitriles is 1. The third-order valence-electron chi connectivity index (χ3n) is 1.96. The van der Waals surface area contributed by atoms with Crippen LogP contribution < -0.4 is 0 Å². The van der Waals surface area contributed by atoms with Crippen molar-refractivity contribution in [3.05, 3.63) is 29.3 Å². The second kappa shape index (κ2) is 3.66. The Balaban J connectivity index is 2.33. The number of benzene rings is 1. The van der Waals surface area contributed by atoms with Gasteiger partial charge in [-0.2, -0.15) is 5.26 Å². The minimum atomic E-state index is -0.450. The van der Waals surface area contributed by atoms with Gasteiger partial charge in [0.2, 0.25) is 0 Å². The second-order valence-corrected chi connectivity index (χ2v) is 3.00. The predicted molar refractivity (Wildman–Crippen MR) is 47.5 cm³/mol. The molecule has 1 aliphatic rings. The van der Waals surface area contributed by atoms with Crippen LogP contribution in [0.5, 0.6) is 5.75 Å². The molecule has 0 unspecified atom stereocenters. The maximum absolute atomic E-state index is 9.32. The Morgan fingerprint density at radius 3 is 2.64 bits per heavy atom. The molecular weight excluding hydrogens is 182 g/mol. The summed E-state index contributed by atoms with van der Waals surface area (Å²) in [5.41, 5.74) is 1.08. The lowest BCUT2D eigenvalue weighted by Crippen LogP contribution is -1.98. The van der Waals surface area contributed by atoms with Crippen molar-refractivity contribution in [2.45, 2.75) is 6.29 Å². The van der Waals surface area contributed by atoms with E-state index in [1.807, 2.05) is 6.07 Å². The smallest absolute Gasteiger partial charge is 0.184 e. The zero-order chi connectivity index (χ0) is 9.97. The van der Waals surface area contributed by atoms with Gasteiger partial charge in [0.15, 0.2) is 6.29 Å². The van der Waals surface area contributed by atoms with Crippen LogP contribution in [0.15, 0.2) is 18.2 Å². The average Bonchev–Trinajstić information content (AvgIpc) is 2.69. The first-order valence-corrected chi connectivity index (χ1v) is 4.27. The van der Waals surface area contributed by atoms with E-state index in [1.165, 1.54) is 12.1 Å². The second-order valence-electron chi connectivity index (χ2n) is 3.00. The number of rotatable bonds is 1. The molecule has 1 aliphatic heterocycles. The summed E-state index contributed by atoms with van der Waals surface area (Å²) >= 11 is 0. The van der Waals surface area contributed by atoms with Gasteiger partial charge in [-0.25, -0.2) is 0 Å². The minimum absolute atomic E-state index is 0.0538. The molecule has 0 aromatic heterocycles. The zero-order valence-electron chi connectivity index (χ0n) is 7.43. The van der Waals surface area contributed by atoms with Crippen molar-refractivity contribution in [2.75, 3.05) is 13.2 Å². The topological polar surface area (TPSA) is 62.5 Å². The van der Waals surface area contributed by atoms with E-state index in [2.05, 4.69) is 0 Å². The number of phenols is 1. The zero-order valence-corrected chi connectivity index (χ0v) is 7.43. The summed E-state index contributed by atoms with van der Waals surface area (Å²) in [6.45, 7) is 1.09. The molecule has 0 bridgehead atoms. The molecule has 72 valence electrons. The summed E-state index contributed by atoms with van der Waals surface area (Å²) in [5, 5.41) is 18.0. The van der Waals surface area contributed by atoms with E-state index in [1.54, 1.807) is 6.07 Å². The van der Waals surface area contributed by atoms with Crippen LogP contribution in [0.25, 0.3) is 0 Å². The molecule has 1 heterocycles. The number of hydrogen-bond acceptors (Lipinski definition) is 4. The van der Waals surface area contributed by atoms with Gasteiger partial charge in [0, 0.05) is 5.56 Å².